The van der Waals surface area contributed by atoms with E-state index >= 15 is 0 Å². The molecule has 0 spiro atoms. The van der Waals surface area contributed by atoms with Gasteiger partial charge in [-0.3, -0.25) is 0 Å². The maximum atomic E-state index is 5.47. The quantitative estimate of drug-likeness (QED) is 0.603. The van der Waals surface area contributed by atoms with Crippen LogP contribution in [0.15, 0.2) is 24.3 Å². The summed E-state index contributed by atoms with van der Waals surface area (Å²) < 4.78 is 0. The summed E-state index contributed by atoms with van der Waals surface area (Å²) in [5, 5.41) is 0. The molecule has 0 saturated heterocycles. The Kier molecular flexibility index (Phi) is 5.86. The van der Waals surface area contributed by atoms with Gasteiger partial charge in [0.2, 0.25) is 0 Å². The molecule has 0 heterocycles. The van der Waals surface area contributed by atoms with Gasteiger partial charge in [0.15, 0.2) is 0 Å². The van der Waals surface area contributed by atoms with Crippen LogP contribution in [0, 0.1) is 5.92 Å². The second kappa shape index (κ2) is 6.17. The number of rotatable bonds is 5. The lowest BCUT2D eigenvalue weighted by Crippen LogP contribution is -2.05. The van der Waals surface area contributed by atoms with E-state index in [0.717, 1.165) is 13.0 Å². The molecule has 2 N–H and O–H groups in total. The van der Waals surface area contributed by atoms with Crippen LogP contribution in [0.4, 0.5) is 0 Å². The van der Waals surface area contributed by atoms with Crippen molar-refractivity contribution in [2.45, 2.75) is 26.7 Å². The number of hydrogen-bond donors (Lipinski definition) is 1. The molecule has 1 nitrogen and oxygen atoms in total. The first-order valence-electron chi connectivity index (χ1n) is 4.25. The molecule has 0 aliphatic rings. The van der Waals surface area contributed by atoms with Crippen molar-refractivity contribution in [3.05, 3.63) is 24.3 Å². The number of allylic oxidation sites excluding steroid dienone is 3. The topological polar surface area (TPSA) is 26.0 Å². The summed E-state index contributed by atoms with van der Waals surface area (Å²) >= 11 is 0. The van der Waals surface area contributed by atoms with E-state index in [4.69, 9.17) is 5.73 Å². The van der Waals surface area contributed by atoms with Crippen LogP contribution in [0.2, 0.25) is 0 Å². The highest BCUT2D eigenvalue weighted by Crippen LogP contribution is 2.11. The summed E-state index contributed by atoms with van der Waals surface area (Å²) in [4.78, 5) is 0. The molecule has 0 bridgehead atoms. The molecular formula is C10H19N. The van der Waals surface area contributed by atoms with Gasteiger partial charge in [-0.1, -0.05) is 31.2 Å². The van der Waals surface area contributed by atoms with Gasteiger partial charge in [-0.15, -0.1) is 0 Å². The van der Waals surface area contributed by atoms with Gasteiger partial charge in [-0.05, 0) is 32.2 Å². The molecule has 1 atom stereocenters. The fourth-order valence-corrected chi connectivity index (χ4v) is 1.06. The molecule has 0 aromatic rings. The van der Waals surface area contributed by atoms with Gasteiger partial charge in [0, 0.05) is 0 Å². The summed E-state index contributed by atoms with van der Waals surface area (Å²) in [5.41, 5.74) is 6.72. The number of nitrogens with two attached hydrogens (primary N) is 1. The second-order valence-corrected chi connectivity index (χ2v) is 2.86. The fourth-order valence-electron chi connectivity index (χ4n) is 1.06. The van der Waals surface area contributed by atoms with Crippen LogP contribution in [0.1, 0.15) is 26.7 Å². The minimum atomic E-state index is 0.637. The maximum Gasteiger partial charge on any atom is -0.00717 e. The van der Waals surface area contributed by atoms with Crippen molar-refractivity contribution in [2.24, 2.45) is 11.7 Å². The molecule has 0 saturated carbocycles. The van der Waals surface area contributed by atoms with Crippen LogP contribution in [-0.4, -0.2) is 6.54 Å². The molecule has 0 aliphatic carbocycles. The van der Waals surface area contributed by atoms with Gasteiger partial charge >= 0.3 is 0 Å². The van der Waals surface area contributed by atoms with Crippen molar-refractivity contribution in [1.29, 1.82) is 0 Å². The van der Waals surface area contributed by atoms with E-state index in [0.29, 0.717) is 5.92 Å². The van der Waals surface area contributed by atoms with Crippen molar-refractivity contribution in [2.75, 3.05) is 6.54 Å². The third-order valence-electron chi connectivity index (χ3n) is 1.88. The average Bonchev–Trinajstić information content (AvgIpc) is 2.03. The van der Waals surface area contributed by atoms with Crippen LogP contribution in [0.3, 0.4) is 0 Å². The summed E-state index contributed by atoms with van der Waals surface area (Å²) in [6.07, 6.45) is 6.39. The monoisotopic (exact) mass is 153 g/mol. The van der Waals surface area contributed by atoms with Crippen molar-refractivity contribution in [1.82, 2.24) is 0 Å². The van der Waals surface area contributed by atoms with Crippen molar-refractivity contribution >= 4 is 0 Å². The predicted octanol–water partition coefficient (Wildman–Crippen LogP) is 2.49. The van der Waals surface area contributed by atoms with E-state index < -0.39 is 0 Å². The predicted molar refractivity (Wildman–Crippen MR) is 51.4 cm³/mol. The Morgan fingerprint density at radius 1 is 1.64 bits per heavy atom. The van der Waals surface area contributed by atoms with Crippen LogP contribution < -0.4 is 5.73 Å². The maximum absolute atomic E-state index is 5.47. The van der Waals surface area contributed by atoms with Crippen LogP contribution in [0.5, 0.6) is 0 Å². The SMILES string of the molecule is C=C/C(C)=C\C(CC)CCN. The van der Waals surface area contributed by atoms with Gasteiger partial charge in [-0.2, -0.15) is 0 Å². The third-order valence-corrected chi connectivity index (χ3v) is 1.88. The lowest BCUT2D eigenvalue weighted by molar-refractivity contribution is 0.578. The highest BCUT2D eigenvalue weighted by Gasteiger charge is 1.99. The molecule has 64 valence electrons. The first kappa shape index (κ1) is 10.4. The van der Waals surface area contributed by atoms with E-state index in [1.165, 1.54) is 12.0 Å². The molecule has 0 rings (SSSR count). The third kappa shape index (κ3) is 4.79. The highest BCUT2D eigenvalue weighted by atomic mass is 14.5. The minimum absolute atomic E-state index is 0.637. The zero-order chi connectivity index (χ0) is 8.69. The van der Waals surface area contributed by atoms with E-state index in [1.54, 1.807) is 0 Å². The van der Waals surface area contributed by atoms with E-state index in [2.05, 4.69) is 26.5 Å². The highest BCUT2D eigenvalue weighted by molar-refractivity contribution is 5.13. The molecule has 1 heteroatoms. The van der Waals surface area contributed by atoms with Crippen molar-refractivity contribution < 1.29 is 0 Å². The summed E-state index contributed by atoms with van der Waals surface area (Å²) in [6, 6.07) is 0. The van der Waals surface area contributed by atoms with Gasteiger partial charge in [0.05, 0.1) is 0 Å². The molecular weight excluding hydrogens is 134 g/mol. The lowest BCUT2D eigenvalue weighted by atomic mass is 10.00. The van der Waals surface area contributed by atoms with Gasteiger partial charge in [0.1, 0.15) is 0 Å². The van der Waals surface area contributed by atoms with E-state index in [9.17, 15) is 0 Å². The van der Waals surface area contributed by atoms with E-state index in [-0.39, 0.29) is 0 Å². The zero-order valence-electron chi connectivity index (χ0n) is 7.64. The van der Waals surface area contributed by atoms with Crippen LogP contribution in [0.25, 0.3) is 0 Å². The molecule has 0 radical (unpaired) electrons. The van der Waals surface area contributed by atoms with Gasteiger partial charge in [0.25, 0.3) is 0 Å². The first-order valence-corrected chi connectivity index (χ1v) is 4.25. The largest absolute Gasteiger partial charge is 0.330 e. The van der Waals surface area contributed by atoms with Gasteiger partial charge in [-0.25, -0.2) is 0 Å². The molecule has 0 fully saturated rings. The minimum Gasteiger partial charge on any atom is -0.330 e. The number of hydrogen-bond acceptors (Lipinski definition) is 1. The Labute approximate surface area is 70.0 Å². The second-order valence-electron chi connectivity index (χ2n) is 2.86. The molecule has 0 aromatic heterocycles. The Balaban J connectivity index is 3.93. The molecule has 0 amide bonds. The summed E-state index contributed by atoms with van der Waals surface area (Å²) in [6.45, 7) is 8.75. The Morgan fingerprint density at radius 3 is 2.64 bits per heavy atom. The Bertz CT molecular complexity index is 136. The summed E-state index contributed by atoms with van der Waals surface area (Å²) in [5.74, 6) is 0.637. The Hall–Kier alpha value is -0.560. The molecule has 11 heavy (non-hydrogen) atoms. The lowest BCUT2D eigenvalue weighted by Gasteiger charge is -2.08. The van der Waals surface area contributed by atoms with E-state index in [1.807, 2.05) is 6.08 Å². The first-order chi connectivity index (χ1) is 5.24. The molecule has 1 unspecified atom stereocenters. The normalized spacial score (nSPS) is 14.6. The van der Waals surface area contributed by atoms with Crippen LogP contribution in [-0.2, 0) is 0 Å². The molecule has 0 aromatic carbocycles. The fraction of sp³-hybridized carbons (Fsp3) is 0.600. The summed E-state index contributed by atoms with van der Waals surface area (Å²) in [7, 11) is 0. The Morgan fingerprint density at radius 2 is 2.27 bits per heavy atom. The smallest absolute Gasteiger partial charge is 0.00717 e. The van der Waals surface area contributed by atoms with Gasteiger partial charge < -0.3 is 5.73 Å². The van der Waals surface area contributed by atoms with Crippen LogP contribution >= 0.6 is 0 Å². The molecule has 0 aliphatic heterocycles. The standard InChI is InChI=1S/C10H19N/c1-4-9(3)8-10(5-2)6-7-11/h4,8,10H,1,5-7,11H2,2-3H3/b9-8-. The van der Waals surface area contributed by atoms with Crippen molar-refractivity contribution in [3.63, 3.8) is 0 Å². The zero-order valence-corrected chi connectivity index (χ0v) is 7.64. The van der Waals surface area contributed by atoms with Crippen molar-refractivity contribution in [3.8, 4) is 0 Å². The average molecular weight is 153 g/mol.